The molecule has 31 heavy (non-hydrogen) atoms. The number of aromatic amines is 1. The van der Waals surface area contributed by atoms with Crippen molar-refractivity contribution < 1.29 is 28.4 Å². The molecule has 1 saturated heterocycles. The Balaban J connectivity index is 1.54. The van der Waals surface area contributed by atoms with Crippen LogP contribution in [-0.4, -0.2) is 36.0 Å². The van der Waals surface area contributed by atoms with E-state index < -0.39 is 29.5 Å². The SMILES string of the molecule is COc1ccc(-[n+]2[nH]oc(=O)c2C2=NOC3C(=O)N(c4ccc(Br)cc4)C(=O)C23)cc1. The van der Waals surface area contributed by atoms with Crippen LogP contribution in [0.25, 0.3) is 5.69 Å². The maximum Gasteiger partial charge on any atom is 0.437 e. The summed E-state index contributed by atoms with van der Waals surface area (Å²) in [4.78, 5) is 44.9. The number of H-pyrrole nitrogens is 1. The molecular weight excluding hydrogens is 472 g/mol. The Bertz CT molecular complexity index is 1280. The van der Waals surface area contributed by atoms with Gasteiger partial charge < -0.3 is 9.57 Å². The van der Waals surface area contributed by atoms with Gasteiger partial charge in [0.2, 0.25) is 17.7 Å². The fraction of sp³-hybridized carbons (Fsp3) is 0.150. The van der Waals surface area contributed by atoms with Crippen molar-refractivity contribution in [1.82, 2.24) is 5.27 Å². The maximum absolute atomic E-state index is 13.2. The van der Waals surface area contributed by atoms with Crippen LogP contribution in [0.3, 0.4) is 0 Å². The lowest BCUT2D eigenvalue weighted by Crippen LogP contribution is -2.44. The molecule has 3 aromatic rings. The first-order chi connectivity index (χ1) is 15.0. The van der Waals surface area contributed by atoms with Gasteiger partial charge in [-0.25, -0.2) is 9.69 Å². The molecule has 1 aromatic heterocycles. The van der Waals surface area contributed by atoms with Crippen LogP contribution >= 0.6 is 15.9 Å². The molecule has 0 bridgehead atoms. The van der Waals surface area contributed by atoms with Crippen molar-refractivity contribution in [2.24, 2.45) is 11.1 Å². The van der Waals surface area contributed by atoms with E-state index in [0.717, 1.165) is 9.37 Å². The Morgan fingerprint density at radius 1 is 1.06 bits per heavy atom. The third-order valence-electron chi connectivity index (χ3n) is 5.12. The summed E-state index contributed by atoms with van der Waals surface area (Å²) in [5.41, 5.74) is 0.181. The number of carbonyl (C=O) groups excluding carboxylic acids is 2. The minimum atomic E-state index is -1.15. The van der Waals surface area contributed by atoms with Gasteiger partial charge in [0.05, 0.1) is 12.8 Å². The summed E-state index contributed by atoms with van der Waals surface area (Å²) in [6.45, 7) is 0. The molecule has 2 aliphatic rings. The summed E-state index contributed by atoms with van der Waals surface area (Å²) in [6, 6.07) is 13.5. The summed E-state index contributed by atoms with van der Waals surface area (Å²) in [5, 5.41) is 6.40. The van der Waals surface area contributed by atoms with Crippen molar-refractivity contribution in [2.75, 3.05) is 12.0 Å². The molecule has 0 spiro atoms. The summed E-state index contributed by atoms with van der Waals surface area (Å²) in [7, 11) is 1.54. The topological polar surface area (TPSA) is 118 Å². The highest BCUT2D eigenvalue weighted by atomic mass is 79.9. The largest absolute Gasteiger partial charge is 0.497 e. The minimum absolute atomic E-state index is 0.0220. The molecule has 0 aliphatic carbocycles. The molecular formula is C20H14BrN4O6+. The first-order valence-electron chi connectivity index (χ1n) is 9.15. The highest BCUT2D eigenvalue weighted by Crippen LogP contribution is 2.34. The van der Waals surface area contributed by atoms with Crippen molar-refractivity contribution in [1.29, 1.82) is 0 Å². The van der Waals surface area contributed by atoms with Gasteiger partial charge in [-0.15, -0.1) is 0 Å². The normalized spacial score (nSPS) is 19.9. The lowest BCUT2D eigenvalue weighted by Gasteiger charge is -2.14. The number of fused-ring (bicyclic) bond motifs is 1. The number of anilines is 1. The van der Waals surface area contributed by atoms with E-state index in [2.05, 4.69) is 26.4 Å². The van der Waals surface area contributed by atoms with E-state index in [0.29, 0.717) is 17.1 Å². The molecule has 156 valence electrons. The Kier molecular flexibility index (Phi) is 4.47. The molecule has 0 radical (unpaired) electrons. The number of nitrogens with one attached hydrogen (secondary N) is 1. The zero-order chi connectivity index (χ0) is 21.7. The number of benzene rings is 2. The van der Waals surface area contributed by atoms with Crippen molar-refractivity contribution in [2.45, 2.75) is 6.10 Å². The molecule has 2 aliphatic heterocycles. The van der Waals surface area contributed by atoms with Crippen LogP contribution in [0.2, 0.25) is 0 Å². The molecule has 1 fully saturated rings. The van der Waals surface area contributed by atoms with Crippen LogP contribution in [0.4, 0.5) is 5.69 Å². The second kappa shape index (κ2) is 7.20. The number of imide groups is 1. The van der Waals surface area contributed by atoms with Crippen LogP contribution in [-0.2, 0) is 14.4 Å². The number of halogens is 1. The molecule has 3 heterocycles. The highest BCUT2D eigenvalue weighted by molar-refractivity contribution is 9.10. The van der Waals surface area contributed by atoms with Gasteiger partial charge in [0.25, 0.3) is 5.91 Å². The Labute approximate surface area is 182 Å². The predicted octanol–water partition coefficient (Wildman–Crippen LogP) is 1.31. The van der Waals surface area contributed by atoms with Gasteiger partial charge in [0.15, 0.2) is 5.71 Å². The van der Waals surface area contributed by atoms with Crippen molar-refractivity contribution in [3.8, 4) is 11.4 Å². The second-order valence-electron chi connectivity index (χ2n) is 6.83. The van der Waals surface area contributed by atoms with E-state index in [1.54, 1.807) is 48.5 Å². The molecule has 2 unspecified atom stereocenters. The second-order valence-corrected chi connectivity index (χ2v) is 7.75. The quantitative estimate of drug-likeness (QED) is 0.439. The molecule has 2 aromatic carbocycles. The lowest BCUT2D eigenvalue weighted by molar-refractivity contribution is -0.671. The lowest BCUT2D eigenvalue weighted by atomic mass is 9.97. The fourth-order valence-electron chi connectivity index (χ4n) is 3.62. The zero-order valence-corrected chi connectivity index (χ0v) is 17.5. The van der Waals surface area contributed by atoms with Crippen LogP contribution in [0.5, 0.6) is 5.75 Å². The summed E-state index contributed by atoms with van der Waals surface area (Å²) < 4.78 is 12.2. The van der Waals surface area contributed by atoms with Crippen LogP contribution in [0.15, 0.2) is 67.5 Å². The number of oxime groups is 1. The summed E-state index contributed by atoms with van der Waals surface area (Å²) in [6.07, 6.45) is -1.15. The van der Waals surface area contributed by atoms with Gasteiger partial charge in [-0.05, 0) is 46.4 Å². The van der Waals surface area contributed by atoms with E-state index in [9.17, 15) is 14.4 Å². The van der Waals surface area contributed by atoms with Crippen LogP contribution in [0, 0.1) is 5.92 Å². The number of methoxy groups -OCH3 is 1. The molecule has 5 rings (SSSR count). The van der Waals surface area contributed by atoms with Gasteiger partial charge in [-0.3, -0.25) is 14.1 Å². The maximum atomic E-state index is 13.2. The van der Waals surface area contributed by atoms with E-state index in [-0.39, 0.29) is 11.4 Å². The first kappa shape index (κ1) is 19.2. The van der Waals surface area contributed by atoms with Gasteiger partial charge in [-0.2, -0.15) is 0 Å². The Morgan fingerprint density at radius 2 is 1.77 bits per heavy atom. The van der Waals surface area contributed by atoms with Crippen molar-refractivity contribution in [3.05, 3.63) is 69.1 Å². The third kappa shape index (κ3) is 2.96. The molecule has 2 amide bonds. The average molecular weight is 486 g/mol. The number of amides is 2. The first-order valence-corrected chi connectivity index (χ1v) is 9.94. The molecule has 2 atom stereocenters. The van der Waals surface area contributed by atoms with E-state index >= 15 is 0 Å². The number of nitrogens with zero attached hydrogens (tertiary/aromatic N) is 3. The third-order valence-corrected chi connectivity index (χ3v) is 5.65. The van der Waals surface area contributed by atoms with Crippen molar-refractivity contribution in [3.63, 3.8) is 0 Å². The van der Waals surface area contributed by atoms with E-state index in [4.69, 9.17) is 14.1 Å². The van der Waals surface area contributed by atoms with Crippen LogP contribution < -0.4 is 19.9 Å². The van der Waals surface area contributed by atoms with Crippen molar-refractivity contribution >= 4 is 39.1 Å². The smallest absolute Gasteiger partial charge is 0.437 e. The molecule has 1 N–H and O–H groups in total. The number of hydrogen-bond donors (Lipinski definition) is 1. The standard InChI is InChI=1S/C20H13BrN4O6/c1-29-13-8-6-12(7-9-13)25-16(20(28)31-23-25)15-14-17(30-22-15)19(27)24(18(14)26)11-4-2-10(21)3-5-11/h2-9,14,17H,1H3/p+1. The van der Waals surface area contributed by atoms with Gasteiger partial charge in [0.1, 0.15) is 11.7 Å². The average Bonchev–Trinajstić information content (AvgIpc) is 3.44. The summed E-state index contributed by atoms with van der Waals surface area (Å²) in [5.74, 6) is -1.53. The number of carbonyl (C=O) groups is 2. The molecule has 10 nitrogen and oxygen atoms in total. The number of rotatable bonds is 4. The number of aromatic nitrogens is 2. The molecule has 0 saturated carbocycles. The highest BCUT2D eigenvalue weighted by Gasteiger charge is 2.59. The Morgan fingerprint density at radius 3 is 2.45 bits per heavy atom. The Hall–Kier alpha value is -3.73. The van der Waals surface area contributed by atoms with E-state index in [1.807, 2.05) is 0 Å². The predicted molar refractivity (Wildman–Crippen MR) is 109 cm³/mol. The minimum Gasteiger partial charge on any atom is -0.497 e. The summed E-state index contributed by atoms with van der Waals surface area (Å²) >= 11 is 3.32. The van der Waals surface area contributed by atoms with Gasteiger partial charge in [-0.1, -0.05) is 21.1 Å². The van der Waals surface area contributed by atoms with Crippen LogP contribution in [0.1, 0.15) is 5.69 Å². The fourth-order valence-corrected chi connectivity index (χ4v) is 3.89. The number of ether oxygens (including phenoxy) is 1. The monoisotopic (exact) mass is 485 g/mol. The van der Waals surface area contributed by atoms with Gasteiger partial charge >= 0.3 is 11.3 Å². The number of hydrogen-bond acceptors (Lipinski definition) is 7. The zero-order valence-electron chi connectivity index (χ0n) is 15.9. The van der Waals surface area contributed by atoms with Gasteiger partial charge in [0, 0.05) is 16.6 Å². The van der Waals surface area contributed by atoms with E-state index in [1.165, 1.54) is 11.8 Å². The molecule has 11 heteroatoms.